The number of rotatable bonds is 5. The van der Waals surface area contributed by atoms with Gasteiger partial charge in [0.1, 0.15) is 11.6 Å². The quantitative estimate of drug-likeness (QED) is 0.334. The summed E-state index contributed by atoms with van der Waals surface area (Å²) in [7, 11) is 0. The Morgan fingerprint density at radius 2 is 1.77 bits per heavy atom. The van der Waals surface area contributed by atoms with E-state index in [-0.39, 0.29) is 5.57 Å². The van der Waals surface area contributed by atoms with E-state index in [1.807, 2.05) is 55.6 Å². The zero-order chi connectivity index (χ0) is 21.8. The molecule has 1 amide bonds. The first-order valence-corrected chi connectivity index (χ1v) is 10.2. The number of hydrogen-bond acceptors (Lipinski definition) is 2. The minimum Gasteiger partial charge on any atom is -0.342 e. The molecule has 3 aromatic carbocycles. The van der Waals surface area contributed by atoms with Gasteiger partial charge in [-0.25, -0.2) is 0 Å². The minimum absolute atomic E-state index is 0.0692. The summed E-state index contributed by atoms with van der Waals surface area (Å²) in [5.41, 5.74) is 6.11. The van der Waals surface area contributed by atoms with Crippen LogP contribution in [0.3, 0.4) is 0 Å². The molecule has 1 heterocycles. The van der Waals surface area contributed by atoms with E-state index in [1.54, 1.807) is 6.08 Å². The lowest BCUT2D eigenvalue weighted by Crippen LogP contribution is -2.13. The number of benzene rings is 3. The Morgan fingerprint density at radius 1 is 1.00 bits per heavy atom. The summed E-state index contributed by atoms with van der Waals surface area (Å²) in [5, 5.41) is 13.5. The fraction of sp³-hybridized carbons (Fsp3) is 0.111. The summed E-state index contributed by atoms with van der Waals surface area (Å²) in [6, 6.07) is 26.1. The first-order chi connectivity index (χ1) is 15.0. The van der Waals surface area contributed by atoms with E-state index in [2.05, 4.69) is 53.2 Å². The van der Waals surface area contributed by atoms with Crippen LogP contribution < -0.4 is 5.32 Å². The third-order valence-electron chi connectivity index (χ3n) is 5.23. The Balaban J connectivity index is 1.67. The normalized spacial score (nSPS) is 11.3. The SMILES string of the molecule is Cc1ccc(Cn2cc(/C=C(/C#N)C(=O)Nc3cccc(C)c3)c3ccccc32)cc1. The second kappa shape index (κ2) is 8.73. The molecule has 0 radical (unpaired) electrons. The lowest BCUT2D eigenvalue weighted by atomic mass is 10.1. The Bertz CT molecular complexity index is 1320. The van der Waals surface area contributed by atoms with Gasteiger partial charge in [-0.2, -0.15) is 5.26 Å². The average Bonchev–Trinajstić information content (AvgIpc) is 3.11. The molecule has 152 valence electrons. The number of carbonyl (C=O) groups is 1. The van der Waals surface area contributed by atoms with E-state index in [9.17, 15) is 10.1 Å². The van der Waals surface area contributed by atoms with Gasteiger partial charge in [-0.15, -0.1) is 0 Å². The van der Waals surface area contributed by atoms with Crippen LogP contribution in [0.1, 0.15) is 22.3 Å². The molecule has 31 heavy (non-hydrogen) atoms. The van der Waals surface area contributed by atoms with Crippen molar-refractivity contribution in [1.29, 1.82) is 5.26 Å². The van der Waals surface area contributed by atoms with Crippen LogP contribution in [-0.2, 0) is 11.3 Å². The van der Waals surface area contributed by atoms with E-state index in [1.165, 1.54) is 11.1 Å². The maximum atomic E-state index is 12.7. The molecule has 0 aliphatic rings. The maximum Gasteiger partial charge on any atom is 0.266 e. The number of carbonyl (C=O) groups excluding carboxylic acids is 1. The topological polar surface area (TPSA) is 57.8 Å². The summed E-state index contributed by atoms with van der Waals surface area (Å²) in [4.78, 5) is 12.7. The smallest absolute Gasteiger partial charge is 0.266 e. The van der Waals surface area contributed by atoms with Crippen LogP contribution in [0, 0.1) is 25.2 Å². The molecule has 1 aromatic heterocycles. The average molecular weight is 406 g/mol. The number of anilines is 1. The zero-order valence-corrected chi connectivity index (χ0v) is 17.6. The Morgan fingerprint density at radius 3 is 2.52 bits per heavy atom. The van der Waals surface area contributed by atoms with Crippen LogP contribution in [0.2, 0.25) is 0 Å². The summed E-state index contributed by atoms with van der Waals surface area (Å²) in [6.07, 6.45) is 3.67. The summed E-state index contributed by atoms with van der Waals surface area (Å²) < 4.78 is 2.15. The molecule has 0 bridgehead atoms. The molecule has 0 unspecified atom stereocenters. The number of aromatic nitrogens is 1. The van der Waals surface area contributed by atoms with Crippen LogP contribution in [-0.4, -0.2) is 10.5 Å². The number of amides is 1. The second-order valence-electron chi connectivity index (χ2n) is 7.71. The van der Waals surface area contributed by atoms with Gasteiger partial charge in [0.2, 0.25) is 0 Å². The highest BCUT2D eigenvalue weighted by Gasteiger charge is 2.13. The molecule has 0 saturated heterocycles. The van der Waals surface area contributed by atoms with Crippen molar-refractivity contribution in [3.05, 3.63) is 107 Å². The largest absolute Gasteiger partial charge is 0.342 e. The molecule has 0 aliphatic heterocycles. The van der Waals surface area contributed by atoms with E-state index in [0.29, 0.717) is 12.2 Å². The summed E-state index contributed by atoms with van der Waals surface area (Å²) in [6.45, 7) is 4.74. The van der Waals surface area contributed by atoms with Gasteiger partial charge in [-0.05, 0) is 49.2 Å². The number of para-hydroxylation sites is 1. The van der Waals surface area contributed by atoms with Crippen molar-refractivity contribution in [2.75, 3.05) is 5.32 Å². The first kappa shape index (κ1) is 20.2. The Hall–Kier alpha value is -4.10. The Kier molecular flexibility index (Phi) is 5.68. The molecule has 0 spiro atoms. The van der Waals surface area contributed by atoms with Crippen molar-refractivity contribution >= 4 is 28.6 Å². The van der Waals surface area contributed by atoms with Crippen LogP contribution in [0.25, 0.3) is 17.0 Å². The standard InChI is InChI=1S/C27H23N3O/c1-19-10-12-21(13-11-19)17-30-18-23(25-8-3-4-9-26(25)30)15-22(16-28)27(31)29-24-7-5-6-20(2)14-24/h3-15,18H,17H2,1-2H3,(H,29,31)/b22-15-. The van der Waals surface area contributed by atoms with Crippen molar-refractivity contribution in [3.63, 3.8) is 0 Å². The minimum atomic E-state index is -0.413. The third kappa shape index (κ3) is 4.57. The Labute approximate surface area is 182 Å². The molecule has 4 aromatic rings. The summed E-state index contributed by atoms with van der Waals surface area (Å²) >= 11 is 0. The van der Waals surface area contributed by atoms with Crippen LogP contribution in [0.15, 0.2) is 84.6 Å². The number of nitriles is 1. The van der Waals surface area contributed by atoms with Gasteiger partial charge in [-0.1, -0.05) is 60.2 Å². The van der Waals surface area contributed by atoms with Crippen molar-refractivity contribution in [3.8, 4) is 6.07 Å². The van der Waals surface area contributed by atoms with Gasteiger partial charge in [0, 0.05) is 34.9 Å². The lowest BCUT2D eigenvalue weighted by molar-refractivity contribution is -0.112. The highest BCUT2D eigenvalue weighted by Crippen LogP contribution is 2.25. The second-order valence-corrected chi connectivity index (χ2v) is 7.71. The van der Waals surface area contributed by atoms with Crippen molar-refractivity contribution < 1.29 is 4.79 Å². The molecule has 0 saturated carbocycles. The van der Waals surface area contributed by atoms with E-state index in [4.69, 9.17) is 0 Å². The van der Waals surface area contributed by atoms with Crippen LogP contribution in [0.4, 0.5) is 5.69 Å². The van der Waals surface area contributed by atoms with Gasteiger partial charge in [0.15, 0.2) is 0 Å². The van der Waals surface area contributed by atoms with Gasteiger partial charge >= 0.3 is 0 Å². The molecule has 0 fully saturated rings. The van der Waals surface area contributed by atoms with Crippen molar-refractivity contribution in [1.82, 2.24) is 4.57 Å². The highest BCUT2D eigenvalue weighted by atomic mass is 16.1. The molecule has 1 N–H and O–H groups in total. The highest BCUT2D eigenvalue weighted by molar-refractivity contribution is 6.10. The van der Waals surface area contributed by atoms with Gasteiger partial charge in [-0.3, -0.25) is 4.79 Å². The molecule has 4 nitrogen and oxygen atoms in total. The first-order valence-electron chi connectivity index (χ1n) is 10.2. The predicted octanol–water partition coefficient (Wildman–Crippen LogP) is 5.85. The van der Waals surface area contributed by atoms with Crippen molar-refractivity contribution in [2.45, 2.75) is 20.4 Å². The molecule has 0 aliphatic carbocycles. The molecule has 4 rings (SSSR count). The lowest BCUT2D eigenvalue weighted by Gasteiger charge is -2.06. The number of nitrogens with one attached hydrogen (secondary N) is 1. The number of nitrogens with zero attached hydrogens (tertiary/aromatic N) is 2. The van der Waals surface area contributed by atoms with E-state index < -0.39 is 5.91 Å². The van der Waals surface area contributed by atoms with Crippen LogP contribution >= 0.6 is 0 Å². The molecular weight excluding hydrogens is 382 g/mol. The van der Waals surface area contributed by atoms with Gasteiger partial charge in [0.05, 0.1) is 0 Å². The fourth-order valence-corrected chi connectivity index (χ4v) is 3.64. The number of fused-ring (bicyclic) bond motifs is 1. The third-order valence-corrected chi connectivity index (χ3v) is 5.23. The maximum absolute atomic E-state index is 12.7. The van der Waals surface area contributed by atoms with Gasteiger partial charge in [0.25, 0.3) is 5.91 Å². The van der Waals surface area contributed by atoms with Gasteiger partial charge < -0.3 is 9.88 Å². The van der Waals surface area contributed by atoms with E-state index >= 15 is 0 Å². The van der Waals surface area contributed by atoms with Crippen molar-refractivity contribution in [2.24, 2.45) is 0 Å². The van der Waals surface area contributed by atoms with E-state index in [0.717, 1.165) is 22.0 Å². The predicted molar refractivity (Wildman–Crippen MR) is 126 cm³/mol. The summed E-state index contributed by atoms with van der Waals surface area (Å²) in [5.74, 6) is -0.413. The zero-order valence-electron chi connectivity index (χ0n) is 17.6. The number of hydrogen-bond donors (Lipinski definition) is 1. The van der Waals surface area contributed by atoms with Crippen LogP contribution in [0.5, 0.6) is 0 Å². The molecule has 0 atom stereocenters. The number of aryl methyl sites for hydroxylation is 2. The fourth-order valence-electron chi connectivity index (χ4n) is 3.64. The molecule has 4 heteroatoms. The monoisotopic (exact) mass is 405 g/mol. The molecular formula is C27H23N3O.